The zero-order valence-corrected chi connectivity index (χ0v) is 73.7. The lowest BCUT2D eigenvalue weighted by molar-refractivity contribution is -0.161. The summed E-state index contributed by atoms with van der Waals surface area (Å²) in [5.41, 5.74) is 0. The van der Waals surface area contributed by atoms with Crippen LogP contribution in [-0.4, -0.2) is 96.7 Å². The molecule has 0 aliphatic heterocycles. The number of rotatable bonds is 89. The Kier molecular flexibility index (Phi) is 79.8. The predicted octanol–water partition coefficient (Wildman–Crippen LogP) is 27.8. The summed E-state index contributed by atoms with van der Waals surface area (Å²) in [6.45, 7) is 9.70. The Bertz CT molecular complexity index is 2080. The van der Waals surface area contributed by atoms with Gasteiger partial charge >= 0.3 is 39.5 Å². The summed E-state index contributed by atoms with van der Waals surface area (Å²) in [6.07, 6.45) is 75.2. The summed E-state index contributed by atoms with van der Waals surface area (Å²) < 4.78 is 69.0. The summed E-state index contributed by atoms with van der Waals surface area (Å²) in [5, 5.41) is 10.7. The molecule has 0 aromatic heterocycles. The number of unbranched alkanes of at least 4 members (excludes halogenated alkanes) is 59. The number of aliphatic hydroxyl groups is 1. The lowest BCUT2D eigenvalue weighted by atomic mass is 10.0. The molecule has 0 aromatic rings. The average molecular weight is 1590 g/mol. The van der Waals surface area contributed by atoms with E-state index < -0.39 is 97.5 Å². The predicted molar refractivity (Wildman–Crippen MR) is 451 cm³/mol. The molecule has 0 aliphatic rings. The summed E-state index contributed by atoms with van der Waals surface area (Å²) in [5.74, 6) is -0.551. The first-order valence-corrected chi connectivity index (χ1v) is 49.5. The third-order valence-electron chi connectivity index (χ3n) is 21.2. The molecule has 19 heteroatoms. The van der Waals surface area contributed by atoms with E-state index in [2.05, 4.69) is 41.5 Å². The molecule has 0 spiro atoms. The first-order chi connectivity index (χ1) is 52.9. The number of hydrogen-bond donors (Lipinski definition) is 3. The van der Waals surface area contributed by atoms with Crippen LogP contribution in [0.1, 0.15) is 485 Å². The third-order valence-corrected chi connectivity index (χ3v) is 23.1. The fourth-order valence-electron chi connectivity index (χ4n) is 14.1. The average Bonchev–Trinajstić information content (AvgIpc) is 0.901. The zero-order valence-electron chi connectivity index (χ0n) is 71.9. The second-order valence-corrected chi connectivity index (χ2v) is 36.2. The van der Waals surface area contributed by atoms with Gasteiger partial charge in [0.2, 0.25) is 0 Å². The maximum Gasteiger partial charge on any atom is 0.472 e. The first kappa shape index (κ1) is 107. The Hall–Kier alpha value is -1.94. The molecule has 0 fully saturated rings. The van der Waals surface area contributed by atoms with Crippen LogP contribution in [0.4, 0.5) is 0 Å². The number of phosphoric acid groups is 2. The van der Waals surface area contributed by atoms with Crippen LogP contribution in [0.3, 0.4) is 0 Å². The maximum absolute atomic E-state index is 13.2. The van der Waals surface area contributed by atoms with Crippen molar-refractivity contribution in [1.82, 2.24) is 0 Å². The van der Waals surface area contributed by atoms with Gasteiger partial charge in [-0.25, -0.2) is 9.13 Å². The van der Waals surface area contributed by atoms with Crippen molar-refractivity contribution in [2.75, 3.05) is 39.6 Å². The van der Waals surface area contributed by atoms with Crippen LogP contribution in [0, 0.1) is 11.8 Å². The fourth-order valence-corrected chi connectivity index (χ4v) is 15.7. The van der Waals surface area contributed by atoms with E-state index in [0.717, 1.165) is 102 Å². The highest BCUT2D eigenvalue weighted by molar-refractivity contribution is 7.47. The van der Waals surface area contributed by atoms with Crippen LogP contribution in [0.25, 0.3) is 0 Å². The normalized spacial score (nSPS) is 13.8. The molecule has 0 radical (unpaired) electrons. The van der Waals surface area contributed by atoms with E-state index in [4.69, 9.17) is 37.0 Å². The SMILES string of the molecule is CCCCCCCCCCCCCCCCCCCCCCCC(=O)OC[C@H](COP(=O)(O)OC[C@@H](O)COP(=O)(O)OC[C@@H](COC(=O)CCCCCCCCCCC(C)C)OC(=O)CCCCCCCCCCCCCCCCCC)OC(=O)CCCCCCCCCCCCCCCCCCCCC(C)C. The van der Waals surface area contributed by atoms with Crippen molar-refractivity contribution in [3.05, 3.63) is 0 Å². The number of ether oxygens (including phenoxy) is 4. The molecule has 17 nitrogen and oxygen atoms in total. The van der Waals surface area contributed by atoms with Gasteiger partial charge in [0.15, 0.2) is 12.2 Å². The Labute approximate surface area is 670 Å². The molecule has 648 valence electrons. The Balaban J connectivity index is 5.23. The molecule has 109 heavy (non-hydrogen) atoms. The number of hydrogen-bond acceptors (Lipinski definition) is 15. The Morgan fingerprint density at radius 3 is 0.624 bits per heavy atom. The van der Waals surface area contributed by atoms with E-state index in [-0.39, 0.29) is 25.7 Å². The molecule has 2 unspecified atom stereocenters. The highest BCUT2D eigenvalue weighted by Gasteiger charge is 2.31. The van der Waals surface area contributed by atoms with E-state index in [0.29, 0.717) is 25.7 Å². The van der Waals surface area contributed by atoms with Crippen LogP contribution in [-0.2, 0) is 65.4 Å². The van der Waals surface area contributed by atoms with Gasteiger partial charge in [-0.05, 0) is 37.5 Å². The molecule has 0 heterocycles. The Morgan fingerprint density at radius 2 is 0.422 bits per heavy atom. The van der Waals surface area contributed by atoms with Crippen molar-refractivity contribution < 1.29 is 80.2 Å². The van der Waals surface area contributed by atoms with Crippen molar-refractivity contribution >= 4 is 39.5 Å². The van der Waals surface area contributed by atoms with E-state index >= 15 is 0 Å². The number of carbonyl (C=O) groups excluding carboxylic acids is 4. The van der Waals surface area contributed by atoms with Crippen LogP contribution in [0.2, 0.25) is 0 Å². The first-order valence-electron chi connectivity index (χ1n) is 46.5. The monoisotopic (exact) mass is 1590 g/mol. The van der Waals surface area contributed by atoms with Crippen LogP contribution in [0.5, 0.6) is 0 Å². The molecule has 0 aromatic carbocycles. The summed E-state index contributed by atoms with van der Waals surface area (Å²) in [6, 6.07) is 0. The molecule has 0 amide bonds. The molecule has 0 bridgehead atoms. The zero-order chi connectivity index (χ0) is 79.9. The van der Waals surface area contributed by atoms with Gasteiger partial charge < -0.3 is 33.8 Å². The van der Waals surface area contributed by atoms with E-state index in [1.54, 1.807) is 0 Å². The topological polar surface area (TPSA) is 237 Å². The second kappa shape index (κ2) is 81.2. The molecular weight excluding hydrogens is 1410 g/mol. The van der Waals surface area contributed by atoms with Gasteiger partial charge in [0.05, 0.1) is 26.4 Å². The van der Waals surface area contributed by atoms with Crippen molar-refractivity contribution in [3.8, 4) is 0 Å². The lowest BCUT2D eigenvalue weighted by Gasteiger charge is -2.21. The largest absolute Gasteiger partial charge is 0.472 e. The molecule has 0 saturated carbocycles. The maximum atomic E-state index is 13.2. The second-order valence-electron chi connectivity index (χ2n) is 33.3. The van der Waals surface area contributed by atoms with E-state index in [1.807, 2.05) is 0 Å². The Morgan fingerprint density at radius 1 is 0.248 bits per heavy atom. The molecule has 5 atom stereocenters. The van der Waals surface area contributed by atoms with Gasteiger partial charge in [-0.1, -0.05) is 433 Å². The van der Waals surface area contributed by atoms with E-state index in [9.17, 15) is 43.2 Å². The van der Waals surface area contributed by atoms with Crippen LogP contribution < -0.4 is 0 Å². The number of esters is 4. The summed E-state index contributed by atoms with van der Waals surface area (Å²) in [7, 11) is -9.93. The highest BCUT2D eigenvalue weighted by atomic mass is 31.2. The molecule has 0 saturated heterocycles. The van der Waals surface area contributed by atoms with Gasteiger partial charge in [0.25, 0.3) is 0 Å². The standard InChI is InChI=1S/C90H176O17P2/c1-7-9-11-13-15-17-19-21-23-25-26-27-28-32-36-39-43-47-54-60-66-72-87(92)100-78-85(106-89(94)75-69-63-57-49-45-41-37-33-30-29-31-34-38-42-46-52-58-64-70-82(3)4)80-104-108(96,97)102-76-84(91)77-103-109(98,99)105-81-86(79-101-88(93)73-67-61-55-51-50-53-59-65-71-83(5)6)107-90(95)74-68-62-56-48-44-40-35-24-22-20-18-16-14-12-10-8-2/h82-86,91H,7-81H2,1-6H3,(H,96,97)(H,98,99)/t84-,85-,86-/m1/s1. The molecular formula is C90H176O17P2. The van der Waals surface area contributed by atoms with Crippen LogP contribution >= 0.6 is 15.6 Å². The minimum Gasteiger partial charge on any atom is -0.462 e. The van der Waals surface area contributed by atoms with Gasteiger partial charge in [0, 0.05) is 25.7 Å². The molecule has 0 aliphatic carbocycles. The minimum atomic E-state index is -4.97. The number of carbonyl (C=O) groups is 4. The van der Waals surface area contributed by atoms with Gasteiger partial charge in [-0.2, -0.15) is 0 Å². The van der Waals surface area contributed by atoms with Gasteiger partial charge in [0.1, 0.15) is 19.3 Å². The minimum absolute atomic E-state index is 0.108. The fraction of sp³-hybridized carbons (Fsp3) is 0.956. The number of phosphoric ester groups is 2. The third kappa shape index (κ3) is 83.8. The van der Waals surface area contributed by atoms with Crippen LogP contribution in [0.15, 0.2) is 0 Å². The summed E-state index contributed by atoms with van der Waals surface area (Å²) >= 11 is 0. The summed E-state index contributed by atoms with van der Waals surface area (Å²) in [4.78, 5) is 73.4. The van der Waals surface area contributed by atoms with Gasteiger partial charge in [-0.3, -0.25) is 37.3 Å². The van der Waals surface area contributed by atoms with Crippen molar-refractivity contribution in [2.24, 2.45) is 11.8 Å². The smallest absolute Gasteiger partial charge is 0.462 e. The van der Waals surface area contributed by atoms with Crippen molar-refractivity contribution in [2.45, 2.75) is 503 Å². The van der Waals surface area contributed by atoms with Crippen molar-refractivity contribution in [3.63, 3.8) is 0 Å². The highest BCUT2D eigenvalue weighted by Crippen LogP contribution is 2.45. The molecule has 3 N–H and O–H groups in total. The van der Waals surface area contributed by atoms with Gasteiger partial charge in [-0.15, -0.1) is 0 Å². The van der Waals surface area contributed by atoms with Crippen molar-refractivity contribution in [1.29, 1.82) is 0 Å². The number of aliphatic hydroxyl groups excluding tert-OH is 1. The lowest BCUT2D eigenvalue weighted by Crippen LogP contribution is -2.30. The van der Waals surface area contributed by atoms with E-state index in [1.165, 1.54) is 302 Å². The quantitative estimate of drug-likeness (QED) is 0.0222. The molecule has 0 rings (SSSR count).